The van der Waals surface area contributed by atoms with E-state index >= 15 is 0 Å². The average molecular weight is 165 g/mol. The predicted molar refractivity (Wildman–Crippen MR) is 44.4 cm³/mol. The maximum atomic E-state index is 9.87. The van der Waals surface area contributed by atoms with Gasteiger partial charge in [-0.3, -0.25) is 4.68 Å². The third-order valence-corrected chi connectivity index (χ3v) is 1.64. The van der Waals surface area contributed by atoms with Gasteiger partial charge in [-0.05, 0) is 6.42 Å². The second-order valence-electron chi connectivity index (χ2n) is 2.54. The topological polar surface area (TPSA) is 47.2 Å². The van der Waals surface area contributed by atoms with E-state index in [-0.39, 0.29) is 0 Å². The van der Waals surface area contributed by atoms with Crippen molar-refractivity contribution in [3.8, 4) is 0 Å². The van der Waals surface area contributed by atoms with Crippen molar-refractivity contribution in [2.45, 2.75) is 19.9 Å². The largest absolute Gasteiger partial charge is 0.275 e. The van der Waals surface area contributed by atoms with Crippen molar-refractivity contribution in [2.24, 2.45) is 12.0 Å². The zero-order valence-electron chi connectivity index (χ0n) is 7.24. The highest BCUT2D eigenvalue weighted by Gasteiger charge is 2.03. The Hall–Kier alpha value is -1.41. The van der Waals surface area contributed by atoms with Crippen LogP contribution in [0.3, 0.4) is 0 Å². The maximum absolute atomic E-state index is 9.87. The van der Waals surface area contributed by atoms with E-state index in [1.807, 2.05) is 20.2 Å². The average Bonchev–Trinajstić information content (AvgIpc) is 2.42. The Bertz CT molecular complexity index is 310. The Labute approximate surface area is 70.9 Å². The van der Waals surface area contributed by atoms with Gasteiger partial charge in [0.15, 0.2) is 0 Å². The summed E-state index contributed by atoms with van der Waals surface area (Å²) in [6.07, 6.45) is 4.26. The molecule has 12 heavy (non-hydrogen) atoms. The van der Waals surface area contributed by atoms with Crippen LogP contribution in [0.4, 0.5) is 0 Å². The summed E-state index contributed by atoms with van der Waals surface area (Å²) < 4.78 is 1.73. The molecule has 0 N–H and O–H groups in total. The monoisotopic (exact) mass is 165 g/mol. The molecule has 1 heterocycles. The fourth-order valence-corrected chi connectivity index (χ4v) is 1.13. The lowest BCUT2D eigenvalue weighted by Gasteiger charge is -1.90. The number of aromatic nitrogens is 2. The first-order valence-corrected chi connectivity index (χ1v) is 3.83. The summed E-state index contributed by atoms with van der Waals surface area (Å²) in [4.78, 5) is 13.4. The highest BCUT2D eigenvalue weighted by Crippen LogP contribution is 2.07. The van der Waals surface area contributed by atoms with Gasteiger partial charge in [0.05, 0.1) is 12.2 Å². The second-order valence-corrected chi connectivity index (χ2v) is 2.54. The highest BCUT2D eigenvalue weighted by atomic mass is 16.1. The summed E-state index contributed by atoms with van der Waals surface area (Å²) in [6, 6.07) is 0. The van der Waals surface area contributed by atoms with Crippen LogP contribution in [-0.4, -0.2) is 15.9 Å². The number of hydrogen-bond acceptors (Lipinski definition) is 3. The van der Waals surface area contributed by atoms with E-state index < -0.39 is 0 Å². The standard InChI is InChI=1S/C8H11N3O/c1-3-8-7(4-9-6-12)5-11(2)10-8/h5H,3-4H2,1-2H3. The minimum absolute atomic E-state index is 0.389. The molecular weight excluding hydrogens is 154 g/mol. The first-order chi connectivity index (χ1) is 5.77. The van der Waals surface area contributed by atoms with Crippen LogP contribution in [0.5, 0.6) is 0 Å². The van der Waals surface area contributed by atoms with Crippen LogP contribution >= 0.6 is 0 Å². The molecule has 0 fully saturated rings. The quantitative estimate of drug-likeness (QED) is 0.491. The minimum Gasteiger partial charge on any atom is -0.275 e. The summed E-state index contributed by atoms with van der Waals surface area (Å²) in [7, 11) is 1.85. The molecule has 1 aromatic heterocycles. The number of rotatable bonds is 3. The Morgan fingerprint density at radius 3 is 3.08 bits per heavy atom. The number of aryl methyl sites for hydroxylation is 2. The van der Waals surface area contributed by atoms with Crippen molar-refractivity contribution in [3.63, 3.8) is 0 Å². The van der Waals surface area contributed by atoms with Gasteiger partial charge in [-0.1, -0.05) is 6.92 Å². The summed E-state index contributed by atoms with van der Waals surface area (Å²) in [6.45, 7) is 2.41. The molecule has 0 spiro atoms. The summed E-state index contributed by atoms with van der Waals surface area (Å²) in [5, 5.41) is 4.21. The third kappa shape index (κ3) is 1.80. The van der Waals surface area contributed by atoms with Gasteiger partial charge in [0, 0.05) is 18.8 Å². The van der Waals surface area contributed by atoms with E-state index in [0.717, 1.165) is 17.7 Å². The van der Waals surface area contributed by atoms with Gasteiger partial charge in [-0.25, -0.2) is 9.79 Å². The van der Waals surface area contributed by atoms with Crippen LogP contribution in [0.1, 0.15) is 18.2 Å². The van der Waals surface area contributed by atoms with E-state index in [2.05, 4.69) is 10.1 Å². The molecule has 0 aliphatic heterocycles. The van der Waals surface area contributed by atoms with E-state index in [1.165, 1.54) is 6.08 Å². The lowest BCUT2D eigenvalue weighted by Crippen LogP contribution is -1.89. The lowest BCUT2D eigenvalue weighted by atomic mass is 10.2. The SMILES string of the molecule is CCc1nn(C)cc1CN=C=O. The van der Waals surface area contributed by atoms with E-state index in [0.29, 0.717) is 6.54 Å². The number of nitrogens with zero attached hydrogens (tertiary/aromatic N) is 3. The fourth-order valence-electron chi connectivity index (χ4n) is 1.13. The molecule has 0 unspecified atom stereocenters. The molecule has 0 aromatic carbocycles. The zero-order valence-corrected chi connectivity index (χ0v) is 7.24. The fraction of sp³-hybridized carbons (Fsp3) is 0.500. The first-order valence-electron chi connectivity index (χ1n) is 3.83. The van der Waals surface area contributed by atoms with Gasteiger partial charge in [0.25, 0.3) is 0 Å². The second kappa shape index (κ2) is 3.83. The van der Waals surface area contributed by atoms with Crippen LogP contribution in [0.2, 0.25) is 0 Å². The van der Waals surface area contributed by atoms with Gasteiger partial charge >= 0.3 is 0 Å². The van der Waals surface area contributed by atoms with E-state index in [4.69, 9.17) is 0 Å². The van der Waals surface area contributed by atoms with Crippen LogP contribution in [0, 0.1) is 0 Å². The van der Waals surface area contributed by atoms with Crippen LogP contribution in [0.15, 0.2) is 11.2 Å². The van der Waals surface area contributed by atoms with Crippen molar-refractivity contribution < 1.29 is 4.79 Å². The molecule has 4 nitrogen and oxygen atoms in total. The number of carbonyl (C=O) groups excluding carboxylic acids is 1. The van der Waals surface area contributed by atoms with Gasteiger partial charge < -0.3 is 0 Å². The first kappa shape index (κ1) is 8.68. The molecule has 1 rings (SSSR count). The molecule has 1 aromatic rings. The summed E-state index contributed by atoms with van der Waals surface area (Å²) in [5.41, 5.74) is 2.00. The molecule has 64 valence electrons. The molecule has 0 aliphatic rings. The Morgan fingerprint density at radius 1 is 1.75 bits per heavy atom. The van der Waals surface area contributed by atoms with Crippen molar-refractivity contribution >= 4 is 6.08 Å². The molecule has 0 bridgehead atoms. The lowest BCUT2D eigenvalue weighted by molar-refractivity contribution is 0.562. The van der Waals surface area contributed by atoms with Gasteiger partial charge in [-0.2, -0.15) is 5.10 Å². The van der Waals surface area contributed by atoms with Gasteiger partial charge in [0.1, 0.15) is 0 Å². The number of aliphatic imine (C=N–C) groups is 1. The zero-order chi connectivity index (χ0) is 8.97. The van der Waals surface area contributed by atoms with E-state index in [9.17, 15) is 4.79 Å². The van der Waals surface area contributed by atoms with Gasteiger partial charge in [-0.15, -0.1) is 0 Å². The van der Waals surface area contributed by atoms with Crippen molar-refractivity contribution in [2.75, 3.05) is 0 Å². The molecule has 0 radical (unpaired) electrons. The highest BCUT2D eigenvalue weighted by molar-refractivity contribution is 5.33. The Kier molecular flexibility index (Phi) is 2.77. The van der Waals surface area contributed by atoms with Crippen molar-refractivity contribution in [1.82, 2.24) is 9.78 Å². The summed E-state index contributed by atoms with van der Waals surface area (Å²) in [5.74, 6) is 0. The molecule has 4 heteroatoms. The third-order valence-electron chi connectivity index (χ3n) is 1.64. The number of hydrogen-bond donors (Lipinski definition) is 0. The molecule has 0 atom stereocenters. The smallest absolute Gasteiger partial charge is 0.235 e. The molecule has 0 saturated carbocycles. The summed E-state index contributed by atoms with van der Waals surface area (Å²) >= 11 is 0. The van der Waals surface area contributed by atoms with Crippen LogP contribution in [0.25, 0.3) is 0 Å². The Balaban J connectivity index is 2.88. The van der Waals surface area contributed by atoms with Crippen LogP contribution < -0.4 is 0 Å². The van der Waals surface area contributed by atoms with E-state index in [1.54, 1.807) is 4.68 Å². The Morgan fingerprint density at radius 2 is 2.50 bits per heavy atom. The molecule has 0 saturated heterocycles. The van der Waals surface area contributed by atoms with Crippen molar-refractivity contribution in [1.29, 1.82) is 0 Å². The van der Waals surface area contributed by atoms with Gasteiger partial charge in [0.2, 0.25) is 6.08 Å². The van der Waals surface area contributed by atoms with Crippen LogP contribution in [-0.2, 0) is 24.8 Å². The normalized spacial score (nSPS) is 9.50. The molecule has 0 aliphatic carbocycles. The number of isocyanates is 1. The molecule has 0 amide bonds. The molecular formula is C8H11N3O. The predicted octanol–water partition coefficient (Wildman–Crippen LogP) is 0.818. The minimum atomic E-state index is 0.389. The van der Waals surface area contributed by atoms with Crippen molar-refractivity contribution in [3.05, 3.63) is 17.5 Å². The maximum Gasteiger partial charge on any atom is 0.235 e.